The van der Waals surface area contributed by atoms with Gasteiger partial charge in [-0.1, -0.05) is 24.3 Å². The molecule has 1 aliphatic rings. The lowest BCUT2D eigenvalue weighted by Gasteiger charge is -2.00. The Morgan fingerprint density at radius 2 is 1.77 bits per heavy atom. The third-order valence-electron chi connectivity index (χ3n) is 2.46. The molecule has 0 heterocycles. The molecule has 1 aromatic rings. The highest BCUT2D eigenvalue weighted by atomic mass is 35.5. The van der Waals surface area contributed by atoms with Gasteiger partial charge in [-0.3, -0.25) is 0 Å². The van der Waals surface area contributed by atoms with E-state index in [1.165, 1.54) is 24.0 Å². The maximum atomic E-state index is 5.47. The molecule has 1 aliphatic carbocycles. The molecule has 0 spiro atoms. The van der Waals surface area contributed by atoms with Crippen LogP contribution in [0.25, 0.3) is 0 Å². The van der Waals surface area contributed by atoms with Crippen LogP contribution < -0.4 is 5.73 Å². The van der Waals surface area contributed by atoms with Crippen LogP contribution in [0.4, 0.5) is 0 Å². The van der Waals surface area contributed by atoms with E-state index >= 15 is 0 Å². The molecule has 2 N–H and O–H groups in total. The second-order valence-corrected chi connectivity index (χ2v) is 3.55. The maximum absolute atomic E-state index is 5.47. The van der Waals surface area contributed by atoms with Crippen LogP contribution in [-0.4, -0.2) is 6.54 Å². The average Bonchev–Trinajstić information content (AvgIpc) is 2.89. The summed E-state index contributed by atoms with van der Waals surface area (Å²) in [6, 6.07) is 8.92. The van der Waals surface area contributed by atoms with Gasteiger partial charge in [0.25, 0.3) is 0 Å². The Balaban J connectivity index is 0.000000845. The second-order valence-electron chi connectivity index (χ2n) is 3.55. The Labute approximate surface area is 85.7 Å². The summed E-state index contributed by atoms with van der Waals surface area (Å²) in [5.41, 5.74) is 8.34. The first-order valence-corrected chi connectivity index (χ1v) is 4.69. The molecular weight excluding hydrogens is 182 g/mol. The summed E-state index contributed by atoms with van der Waals surface area (Å²) in [6.07, 6.45) is 3.78. The van der Waals surface area contributed by atoms with Gasteiger partial charge in [0.05, 0.1) is 0 Å². The van der Waals surface area contributed by atoms with Crippen LogP contribution in [0.3, 0.4) is 0 Å². The van der Waals surface area contributed by atoms with E-state index in [1.54, 1.807) is 0 Å². The summed E-state index contributed by atoms with van der Waals surface area (Å²) in [6.45, 7) is 0.753. The smallest absolute Gasteiger partial charge is 0.00367 e. The van der Waals surface area contributed by atoms with Crippen molar-refractivity contribution in [2.75, 3.05) is 6.54 Å². The highest BCUT2D eigenvalue weighted by Gasteiger charge is 2.22. The molecule has 1 nitrogen and oxygen atoms in total. The fourth-order valence-corrected chi connectivity index (χ4v) is 1.54. The van der Waals surface area contributed by atoms with Gasteiger partial charge in [-0.2, -0.15) is 0 Å². The molecule has 0 bridgehead atoms. The van der Waals surface area contributed by atoms with E-state index in [1.807, 2.05) is 0 Å². The van der Waals surface area contributed by atoms with E-state index in [9.17, 15) is 0 Å². The van der Waals surface area contributed by atoms with Crippen molar-refractivity contribution in [2.45, 2.75) is 25.2 Å². The number of halogens is 1. The number of hydrogen-bond donors (Lipinski definition) is 1. The van der Waals surface area contributed by atoms with Gasteiger partial charge in [0, 0.05) is 0 Å². The minimum Gasteiger partial charge on any atom is -0.330 e. The number of hydrogen-bond acceptors (Lipinski definition) is 1. The lowest BCUT2D eigenvalue weighted by molar-refractivity contribution is 0.965. The summed E-state index contributed by atoms with van der Waals surface area (Å²) >= 11 is 0. The van der Waals surface area contributed by atoms with Crippen LogP contribution in [0.15, 0.2) is 24.3 Å². The van der Waals surface area contributed by atoms with Crippen molar-refractivity contribution in [2.24, 2.45) is 5.73 Å². The Kier molecular flexibility index (Phi) is 3.76. The van der Waals surface area contributed by atoms with E-state index < -0.39 is 0 Å². The zero-order valence-electron chi connectivity index (χ0n) is 7.70. The van der Waals surface area contributed by atoms with Crippen molar-refractivity contribution in [1.29, 1.82) is 0 Å². The molecule has 0 unspecified atom stereocenters. The molecule has 1 saturated carbocycles. The summed E-state index contributed by atoms with van der Waals surface area (Å²) in [7, 11) is 0. The molecule has 1 fully saturated rings. The first-order chi connectivity index (χ1) is 5.90. The summed E-state index contributed by atoms with van der Waals surface area (Å²) < 4.78 is 0. The van der Waals surface area contributed by atoms with Crippen molar-refractivity contribution in [3.8, 4) is 0 Å². The molecule has 2 rings (SSSR count). The first-order valence-electron chi connectivity index (χ1n) is 4.69. The van der Waals surface area contributed by atoms with Gasteiger partial charge in [0.1, 0.15) is 0 Å². The van der Waals surface area contributed by atoms with E-state index in [0.29, 0.717) is 0 Å². The normalized spacial score (nSPS) is 15.2. The number of rotatable bonds is 3. The molecule has 72 valence electrons. The second kappa shape index (κ2) is 4.64. The van der Waals surface area contributed by atoms with Crippen LogP contribution in [0.2, 0.25) is 0 Å². The monoisotopic (exact) mass is 197 g/mol. The quantitative estimate of drug-likeness (QED) is 0.792. The summed E-state index contributed by atoms with van der Waals surface area (Å²) in [4.78, 5) is 0. The SMILES string of the molecule is Cl.NCCc1ccc(C2CC2)cc1. The fourth-order valence-electron chi connectivity index (χ4n) is 1.54. The topological polar surface area (TPSA) is 26.0 Å². The Hall–Kier alpha value is -0.530. The van der Waals surface area contributed by atoms with Gasteiger partial charge in [0.15, 0.2) is 0 Å². The van der Waals surface area contributed by atoms with Gasteiger partial charge >= 0.3 is 0 Å². The van der Waals surface area contributed by atoms with Crippen molar-refractivity contribution < 1.29 is 0 Å². The van der Waals surface area contributed by atoms with E-state index in [0.717, 1.165) is 18.9 Å². The molecule has 1 aromatic carbocycles. The average molecular weight is 198 g/mol. The first kappa shape index (κ1) is 10.6. The van der Waals surface area contributed by atoms with E-state index in [4.69, 9.17) is 5.73 Å². The van der Waals surface area contributed by atoms with Crippen LogP contribution in [0.1, 0.15) is 29.9 Å². The Morgan fingerprint density at radius 1 is 1.15 bits per heavy atom. The van der Waals surface area contributed by atoms with Crippen molar-refractivity contribution in [3.63, 3.8) is 0 Å². The molecule has 0 saturated heterocycles. The molecule has 2 heteroatoms. The lowest BCUT2D eigenvalue weighted by atomic mass is 10.1. The minimum absolute atomic E-state index is 0. The highest BCUT2D eigenvalue weighted by molar-refractivity contribution is 5.85. The molecule has 0 aliphatic heterocycles. The number of nitrogens with two attached hydrogens (primary N) is 1. The lowest BCUT2D eigenvalue weighted by Crippen LogP contribution is -2.02. The zero-order valence-corrected chi connectivity index (χ0v) is 8.52. The third-order valence-corrected chi connectivity index (χ3v) is 2.46. The molecule has 0 amide bonds. The van der Waals surface area contributed by atoms with Gasteiger partial charge in [-0.25, -0.2) is 0 Å². The Morgan fingerprint density at radius 3 is 2.23 bits per heavy atom. The van der Waals surface area contributed by atoms with Crippen LogP contribution in [0, 0.1) is 0 Å². The molecular formula is C11H16ClN. The van der Waals surface area contributed by atoms with Gasteiger partial charge in [0.2, 0.25) is 0 Å². The predicted molar refractivity (Wildman–Crippen MR) is 58.4 cm³/mol. The minimum atomic E-state index is 0. The van der Waals surface area contributed by atoms with Crippen LogP contribution >= 0.6 is 12.4 Å². The standard InChI is InChI=1S/C11H15N.ClH/c12-8-7-9-1-3-10(4-2-9)11-5-6-11;/h1-4,11H,5-8,12H2;1H. The number of benzene rings is 1. The van der Waals surface area contributed by atoms with E-state index in [2.05, 4.69) is 24.3 Å². The summed E-state index contributed by atoms with van der Waals surface area (Å²) in [5.74, 6) is 0.872. The Bertz CT molecular complexity index is 251. The summed E-state index contributed by atoms with van der Waals surface area (Å²) in [5, 5.41) is 0. The van der Waals surface area contributed by atoms with Gasteiger partial charge < -0.3 is 5.73 Å². The highest BCUT2D eigenvalue weighted by Crippen LogP contribution is 2.39. The van der Waals surface area contributed by atoms with Crippen LogP contribution in [-0.2, 0) is 6.42 Å². The maximum Gasteiger partial charge on any atom is -0.00367 e. The fraction of sp³-hybridized carbons (Fsp3) is 0.455. The van der Waals surface area contributed by atoms with Crippen molar-refractivity contribution >= 4 is 12.4 Å². The molecule has 0 atom stereocenters. The predicted octanol–water partition coefficient (Wildman–Crippen LogP) is 2.49. The van der Waals surface area contributed by atoms with Crippen LogP contribution in [0.5, 0.6) is 0 Å². The largest absolute Gasteiger partial charge is 0.330 e. The third kappa shape index (κ3) is 2.71. The van der Waals surface area contributed by atoms with Crippen molar-refractivity contribution in [1.82, 2.24) is 0 Å². The van der Waals surface area contributed by atoms with Gasteiger partial charge in [-0.05, 0) is 42.9 Å². The van der Waals surface area contributed by atoms with E-state index in [-0.39, 0.29) is 12.4 Å². The van der Waals surface area contributed by atoms with Crippen molar-refractivity contribution in [3.05, 3.63) is 35.4 Å². The zero-order chi connectivity index (χ0) is 8.39. The molecule has 0 radical (unpaired) electrons. The molecule has 0 aromatic heterocycles. The molecule has 13 heavy (non-hydrogen) atoms. The van der Waals surface area contributed by atoms with Gasteiger partial charge in [-0.15, -0.1) is 12.4 Å².